The molecule has 4 nitrogen and oxygen atoms in total. The summed E-state index contributed by atoms with van der Waals surface area (Å²) in [6, 6.07) is 5.94. The van der Waals surface area contributed by atoms with Crippen LogP contribution in [0.5, 0.6) is 5.75 Å². The van der Waals surface area contributed by atoms with Crippen molar-refractivity contribution in [3.05, 3.63) is 28.2 Å². The highest BCUT2D eigenvalue weighted by Crippen LogP contribution is 2.30. The predicted molar refractivity (Wildman–Crippen MR) is 76.3 cm³/mol. The van der Waals surface area contributed by atoms with E-state index in [2.05, 4.69) is 20.8 Å². The molecular formula is C14H18BrNO3. The van der Waals surface area contributed by atoms with Crippen molar-refractivity contribution in [1.29, 1.82) is 0 Å². The van der Waals surface area contributed by atoms with Crippen molar-refractivity contribution >= 4 is 21.9 Å². The van der Waals surface area contributed by atoms with E-state index in [0.29, 0.717) is 6.54 Å². The Morgan fingerprint density at radius 2 is 2.37 bits per heavy atom. The minimum atomic E-state index is -0.689. The van der Waals surface area contributed by atoms with Gasteiger partial charge >= 0.3 is 5.97 Å². The van der Waals surface area contributed by atoms with Crippen LogP contribution in [0.1, 0.15) is 18.4 Å². The van der Waals surface area contributed by atoms with Crippen molar-refractivity contribution < 1.29 is 14.6 Å². The van der Waals surface area contributed by atoms with Gasteiger partial charge in [-0.2, -0.15) is 0 Å². The molecule has 1 fully saturated rings. The Morgan fingerprint density at radius 1 is 1.58 bits per heavy atom. The number of likely N-dealkylation sites (tertiary alicyclic amines) is 1. The van der Waals surface area contributed by atoms with Gasteiger partial charge in [0.25, 0.3) is 0 Å². The number of ether oxygens (including phenoxy) is 1. The van der Waals surface area contributed by atoms with E-state index < -0.39 is 5.97 Å². The molecule has 1 aliphatic rings. The molecule has 1 aromatic rings. The number of methoxy groups -OCH3 is 1. The van der Waals surface area contributed by atoms with Crippen LogP contribution < -0.4 is 4.74 Å². The summed E-state index contributed by atoms with van der Waals surface area (Å²) in [6.45, 7) is 2.29. The van der Waals surface area contributed by atoms with E-state index in [4.69, 9.17) is 9.84 Å². The maximum atomic E-state index is 11.1. The van der Waals surface area contributed by atoms with Crippen LogP contribution in [0.15, 0.2) is 22.7 Å². The molecule has 2 rings (SSSR count). The minimum Gasteiger partial charge on any atom is -0.495 e. The van der Waals surface area contributed by atoms with Crippen LogP contribution in [0.25, 0.3) is 0 Å². The van der Waals surface area contributed by atoms with E-state index in [9.17, 15) is 4.79 Å². The second-order valence-electron chi connectivity index (χ2n) is 4.84. The number of hydrogen-bond donors (Lipinski definition) is 1. The summed E-state index contributed by atoms with van der Waals surface area (Å²) in [6.07, 6.45) is 1.72. The number of para-hydroxylation sites is 1. The second-order valence-corrected chi connectivity index (χ2v) is 5.70. The molecule has 0 radical (unpaired) electrons. The van der Waals surface area contributed by atoms with Crippen molar-refractivity contribution in [1.82, 2.24) is 4.90 Å². The molecule has 0 amide bonds. The van der Waals surface area contributed by atoms with E-state index >= 15 is 0 Å². The van der Waals surface area contributed by atoms with E-state index in [-0.39, 0.29) is 5.92 Å². The largest absolute Gasteiger partial charge is 0.495 e. The molecule has 1 N–H and O–H groups in total. The number of carboxylic acids is 1. The number of piperidine rings is 1. The van der Waals surface area contributed by atoms with Gasteiger partial charge < -0.3 is 9.84 Å². The zero-order chi connectivity index (χ0) is 13.8. The van der Waals surface area contributed by atoms with Gasteiger partial charge in [0.2, 0.25) is 0 Å². The van der Waals surface area contributed by atoms with E-state index in [1.807, 2.05) is 18.2 Å². The van der Waals surface area contributed by atoms with Gasteiger partial charge in [0.1, 0.15) is 5.75 Å². The lowest BCUT2D eigenvalue weighted by atomic mass is 9.98. The van der Waals surface area contributed by atoms with Crippen LogP contribution >= 0.6 is 15.9 Å². The molecule has 0 spiro atoms. The third-order valence-corrected chi connectivity index (χ3v) is 4.13. The van der Waals surface area contributed by atoms with Crippen LogP contribution in [0.2, 0.25) is 0 Å². The number of nitrogens with zero attached hydrogens (tertiary/aromatic N) is 1. The normalized spacial score (nSPS) is 20.2. The van der Waals surface area contributed by atoms with Crippen LogP contribution in [-0.4, -0.2) is 36.2 Å². The Kier molecular flexibility index (Phi) is 4.82. The number of halogens is 1. The molecule has 1 heterocycles. The first-order chi connectivity index (χ1) is 9.11. The standard InChI is InChI=1S/C14H18BrNO3/c1-19-13-10(4-2-6-12(13)15)8-16-7-3-5-11(9-16)14(17)18/h2,4,6,11H,3,5,7-9H2,1H3,(H,17,18). The van der Waals surface area contributed by atoms with Crippen LogP contribution in [0.3, 0.4) is 0 Å². The third-order valence-electron chi connectivity index (χ3n) is 3.50. The van der Waals surface area contributed by atoms with Crippen molar-refractivity contribution in [3.63, 3.8) is 0 Å². The lowest BCUT2D eigenvalue weighted by Gasteiger charge is -2.31. The summed E-state index contributed by atoms with van der Waals surface area (Å²) in [5.41, 5.74) is 1.09. The number of benzene rings is 1. The fourth-order valence-corrected chi connectivity index (χ4v) is 3.12. The molecule has 0 aliphatic carbocycles. The summed E-state index contributed by atoms with van der Waals surface area (Å²) in [4.78, 5) is 13.3. The van der Waals surface area contributed by atoms with Gasteiger partial charge in [-0.25, -0.2) is 0 Å². The van der Waals surface area contributed by atoms with Gasteiger partial charge in [-0.3, -0.25) is 9.69 Å². The highest BCUT2D eigenvalue weighted by Gasteiger charge is 2.25. The zero-order valence-corrected chi connectivity index (χ0v) is 12.5. The number of carbonyl (C=O) groups is 1. The molecule has 1 aliphatic heterocycles. The average Bonchev–Trinajstić information content (AvgIpc) is 2.39. The van der Waals surface area contributed by atoms with E-state index in [1.54, 1.807) is 7.11 Å². The maximum Gasteiger partial charge on any atom is 0.307 e. The summed E-state index contributed by atoms with van der Waals surface area (Å²) in [5, 5.41) is 9.11. The number of aliphatic carboxylic acids is 1. The Hall–Kier alpha value is -1.07. The highest BCUT2D eigenvalue weighted by molar-refractivity contribution is 9.10. The first-order valence-corrected chi connectivity index (χ1v) is 7.17. The van der Waals surface area contributed by atoms with Gasteiger partial charge in [-0.1, -0.05) is 12.1 Å². The van der Waals surface area contributed by atoms with Crippen LogP contribution in [0.4, 0.5) is 0 Å². The van der Waals surface area contributed by atoms with Crippen molar-refractivity contribution in [2.75, 3.05) is 20.2 Å². The van der Waals surface area contributed by atoms with Crippen LogP contribution in [-0.2, 0) is 11.3 Å². The average molecular weight is 328 g/mol. The second kappa shape index (κ2) is 6.39. The Labute approximate surface area is 121 Å². The lowest BCUT2D eigenvalue weighted by Crippen LogP contribution is -2.38. The lowest BCUT2D eigenvalue weighted by molar-refractivity contribution is -0.143. The molecule has 1 saturated heterocycles. The van der Waals surface area contributed by atoms with Crippen LogP contribution in [0, 0.1) is 5.92 Å². The highest BCUT2D eigenvalue weighted by atomic mass is 79.9. The fourth-order valence-electron chi connectivity index (χ4n) is 2.55. The summed E-state index contributed by atoms with van der Waals surface area (Å²) >= 11 is 3.47. The van der Waals surface area contributed by atoms with E-state index in [0.717, 1.165) is 41.7 Å². The van der Waals surface area contributed by atoms with Crippen molar-refractivity contribution in [3.8, 4) is 5.75 Å². The number of carboxylic acid groups (broad SMARTS) is 1. The number of rotatable bonds is 4. The SMILES string of the molecule is COc1c(Br)cccc1CN1CCCC(C(=O)O)C1. The van der Waals surface area contributed by atoms with Crippen molar-refractivity contribution in [2.24, 2.45) is 5.92 Å². The molecule has 104 valence electrons. The third kappa shape index (κ3) is 3.48. The van der Waals surface area contributed by atoms with Gasteiger partial charge in [0, 0.05) is 18.7 Å². The summed E-state index contributed by atoms with van der Waals surface area (Å²) < 4.78 is 6.33. The maximum absolute atomic E-state index is 11.1. The first-order valence-electron chi connectivity index (χ1n) is 6.38. The summed E-state index contributed by atoms with van der Waals surface area (Å²) in [7, 11) is 1.65. The topological polar surface area (TPSA) is 49.8 Å². The molecule has 0 bridgehead atoms. The van der Waals surface area contributed by atoms with Gasteiger partial charge in [0.15, 0.2) is 0 Å². The Bertz CT molecular complexity index is 464. The molecule has 5 heteroatoms. The predicted octanol–water partition coefficient (Wildman–Crippen LogP) is 2.75. The smallest absolute Gasteiger partial charge is 0.307 e. The van der Waals surface area contributed by atoms with E-state index in [1.165, 1.54) is 0 Å². The van der Waals surface area contributed by atoms with Gasteiger partial charge in [-0.15, -0.1) is 0 Å². The Morgan fingerprint density at radius 3 is 3.05 bits per heavy atom. The zero-order valence-electron chi connectivity index (χ0n) is 10.9. The minimum absolute atomic E-state index is 0.244. The molecular weight excluding hydrogens is 310 g/mol. The molecule has 1 atom stereocenters. The quantitative estimate of drug-likeness (QED) is 0.923. The Balaban J connectivity index is 2.08. The molecule has 1 unspecified atom stereocenters. The number of hydrogen-bond acceptors (Lipinski definition) is 3. The van der Waals surface area contributed by atoms with Gasteiger partial charge in [-0.05, 0) is 41.4 Å². The van der Waals surface area contributed by atoms with Crippen molar-refractivity contribution in [2.45, 2.75) is 19.4 Å². The first kappa shape index (κ1) is 14.3. The summed E-state index contributed by atoms with van der Waals surface area (Å²) in [5.74, 6) is -0.0993. The molecule has 1 aromatic carbocycles. The fraction of sp³-hybridized carbons (Fsp3) is 0.500. The molecule has 0 saturated carbocycles. The van der Waals surface area contributed by atoms with Gasteiger partial charge in [0.05, 0.1) is 17.5 Å². The monoisotopic (exact) mass is 327 g/mol. The molecule has 0 aromatic heterocycles. The molecule has 19 heavy (non-hydrogen) atoms.